The molecule has 3 nitrogen and oxygen atoms in total. The molecule has 0 aliphatic rings. The van der Waals surface area contributed by atoms with Gasteiger partial charge >= 0.3 is 0 Å². The van der Waals surface area contributed by atoms with Crippen LogP contribution in [0.4, 0.5) is 0 Å². The molecule has 0 aromatic heterocycles. The largest absolute Gasteiger partial charge is 0.393 e. The maximum Gasteiger partial charge on any atom is 0.0590 e. The third-order valence-corrected chi connectivity index (χ3v) is 2.00. The van der Waals surface area contributed by atoms with E-state index >= 15 is 0 Å². The summed E-state index contributed by atoms with van der Waals surface area (Å²) < 4.78 is 5.43. The Morgan fingerprint density at radius 2 is 1.79 bits per heavy atom. The Labute approximate surface area is 87.8 Å². The third kappa shape index (κ3) is 11.9. The Morgan fingerprint density at radius 3 is 2.36 bits per heavy atom. The first kappa shape index (κ1) is 13.9. The smallest absolute Gasteiger partial charge is 0.0590 e. The Balaban J connectivity index is 2.92. The minimum Gasteiger partial charge on any atom is -0.393 e. The summed E-state index contributed by atoms with van der Waals surface area (Å²) in [4.78, 5) is 0. The van der Waals surface area contributed by atoms with Crippen molar-refractivity contribution in [3.63, 3.8) is 0 Å². The zero-order chi connectivity index (χ0) is 10.8. The van der Waals surface area contributed by atoms with E-state index in [-0.39, 0.29) is 6.10 Å². The predicted molar refractivity (Wildman–Crippen MR) is 59.4 cm³/mol. The zero-order valence-corrected chi connectivity index (χ0v) is 9.75. The molecule has 2 N–H and O–H groups in total. The molecule has 0 amide bonds. The average molecular weight is 203 g/mol. The summed E-state index contributed by atoms with van der Waals surface area (Å²) in [5, 5.41) is 12.2. The number of hydrogen-bond acceptors (Lipinski definition) is 3. The maximum atomic E-state index is 8.98. The maximum absolute atomic E-state index is 8.98. The van der Waals surface area contributed by atoms with Gasteiger partial charge in [0, 0.05) is 13.2 Å². The highest BCUT2D eigenvalue weighted by Crippen LogP contribution is 1.98. The second-order valence-electron chi connectivity index (χ2n) is 4.18. The molecule has 0 spiro atoms. The fourth-order valence-electron chi connectivity index (χ4n) is 1.00. The Morgan fingerprint density at radius 1 is 1.07 bits per heavy atom. The summed E-state index contributed by atoms with van der Waals surface area (Å²) in [6, 6.07) is 0. The van der Waals surface area contributed by atoms with Gasteiger partial charge in [0.15, 0.2) is 0 Å². The number of aliphatic hydroxyl groups excluding tert-OH is 1. The van der Waals surface area contributed by atoms with Gasteiger partial charge in [-0.1, -0.05) is 13.8 Å². The molecule has 0 fully saturated rings. The van der Waals surface area contributed by atoms with Gasteiger partial charge in [0.05, 0.1) is 12.7 Å². The van der Waals surface area contributed by atoms with Gasteiger partial charge in [-0.2, -0.15) is 0 Å². The molecule has 0 saturated carbocycles. The lowest BCUT2D eigenvalue weighted by atomic mass is 10.1. The van der Waals surface area contributed by atoms with Gasteiger partial charge in [-0.3, -0.25) is 0 Å². The molecule has 0 bridgehead atoms. The highest BCUT2D eigenvalue weighted by atomic mass is 16.5. The van der Waals surface area contributed by atoms with Crippen LogP contribution in [0.15, 0.2) is 0 Å². The molecular weight excluding hydrogens is 178 g/mol. The fraction of sp³-hybridized carbons (Fsp3) is 1.00. The van der Waals surface area contributed by atoms with E-state index in [9.17, 15) is 0 Å². The van der Waals surface area contributed by atoms with E-state index in [4.69, 9.17) is 9.84 Å². The Bertz CT molecular complexity index is 102. The predicted octanol–water partition coefficient (Wildman–Crippen LogP) is 1.41. The van der Waals surface area contributed by atoms with Crippen LogP contribution in [-0.2, 0) is 4.74 Å². The first-order valence-electron chi connectivity index (χ1n) is 5.59. The molecule has 14 heavy (non-hydrogen) atoms. The van der Waals surface area contributed by atoms with Crippen molar-refractivity contribution in [1.82, 2.24) is 5.32 Å². The lowest BCUT2D eigenvalue weighted by Crippen LogP contribution is -2.23. The molecule has 0 aliphatic heterocycles. The molecule has 0 saturated heterocycles. The molecule has 0 radical (unpaired) electrons. The standard InChI is InChI=1S/C11H25NO2/c1-10(2)5-8-14-9-7-12-6-4-11(3)13/h10-13H,4-9H2,1-3H3. The van der Waals surface area contributed by atoms with Gasteiger partial charge in [0.1, 0.15) is 0 Å². The van der Waals surface area contributed by atoms with Crippen LogP contribution < -0.4 is 5.32 Å². The normalized spacial score (nSPS) is 13.5. The zero-order valence-electron chi connectivity index (χ0n) is 9.75. The number of nitrogens with one attached hydrogen (secondary N) is 1. The monoisotopic (exact) mass is 203 g/mol. The summed E-state index contributed by atoms with van der Waals surface area (Å²) in [6.07, 6.45) is 1.74. The van der Waals surface area contributed by atoms with E-state index < -0.39 is 0 Å². The highest BCUT2D eigenvalue weighted by molar-refractivity contribution is 4.51. The summed E-state index contributed by atoms with van der Waals surface area (Å²) >= 11 is 0. The summed E-state index contributed by atoms with van der Waals surface area (Å²) in [5.74, 6) is 0.721. The highest BCUT2D eigenvalue weighted by Gasteiger charge is 1.95. The Hall–Kier alpha value is -0.120. The van der Waals surface area contributed by atoms with Crippen LogP contribution in [0.5, 0.6) is 0 Å². The van der Waals surface area contributed by atoms with E-state index in [1.165, 1.54) is 0 Å². The molecule has 1 atom stereocenters. The molecule has 0 aliphatic carbocycles. The number of ether oxygens (including phenoxy) is 1. The third-order valence-electron chi connectivity index (χ3n) is 2.00. The quantitative estimate of drug-likeness (QED) is 0.557. The molecule has 0 aromatic carbocycles. The van der Waals surface area contributed by atoms with Crippen molar-refractivity contribution >= 4 is 0 Å². The summed E-state index contributed by atoms with van der Waals surface area (Å²) in [6.45, 7) is 9.58. The van der Waals surface area contributed by atoms with Gasteiger partial charge < -0.3 is 15.2 Å². The van der Waals surface area contributed by atoms with E-state index in [1.807, 2.05) is 0 Å². The fourth-order valence-corrected chi connectivity index (χ4v) is 1.00. The molecule has 0 aromatic rings. The number of hydrogen-bond donors (Lipinski definition) is 2. The van der Waals surface area contributed by atoms with Crippen LogP contribution >= 0.6 is 0 Å². The van der Waals surface area contributed by atoms with Crippen molar-refractivity contribution in [2.45, 2.75) is 39.7 Å². The van der Waals surface area contributed by atoms with Gasteiger partial charge in [0.2, 0.25) is 0 Å². The van der Waals surface area contributed by atoms with Gasteiger partial charge in [-0.15, -0.1) is 0 Å². The molecule has 0 heterocycles. The van der Waals surface area contributed by atoms with Crippen molar-refractivity contribution in [2.24, 2.45) is 5.92 Å². The lowest BCUT2D eigenvalue weighted by molar-refractivity contribution is 0.123. The topological polar surface area (TPSA) is 41.5 Å². The van der Waals surface area contributed by atoms with E-state index in [0.717, 1.165) is 45.1 Å². The lowest BCUT2D eigenvalue weighted by Gasteiger charge is -2.08. The van der Waals surface area contributed by atoms with Crippen LogP contribution in [-0.4, -0.2) is 37.5 Å². The van der Waals surface area contributed by atoms with E-state index in [2.05, 4.69) is 19.2 Å². The SMILES string of the molecule is CC(C)CCOCCNCCC(C)O. The van der Waals surface area contributed by atoms with Crippen molar-refractivity contribution in [3.8, 4) is 0 Å². The first-order chi connectivity index (χ1) is 6.63. The summed E-state index contributed by atoms with van der Waals surface area (Å²) in [5.41, 5.74) is 0. The molecule has 1 unspecified atom stereocenters. The molecule has 86 valence electrons. The molecular formula is C11H25NO2. The van der Waals surface area contributed by atoms with Crippen LogP contribution in [0.2, 0.25) is 0 Å². The molecule has 0 rings (SSSR count). The van der Waals surface area contributed by atoms with Crippen LogP contribution in [0.3, 0.4) is 0 Å². The van der Waals surface area contributed by atoms with Crippen LogP contribution in [0.25, 0.3) is 0 Å². The van der Waals surface area contributed by atoms with Gasteiger partial charge in [0.25, 0.3) is 0 Å². The van der Waals surface area contributed by atoms with Crippen molar-refractivity contribution in [1.29, 1.82) is 0 Å². The van der Waals surface area contributed by atoms with Crippen LogP contribution in [0.1, 0.15) is 33.6 Å². The molecule has 3 heteroatoms. The van der Waals surface area contributed by atoms with Crippen molar-refractivity contribution in [2.75, 3.05) is 26.3 Å². The average Bonchev–Trinajstić information content (AvgIpc) is 2.08. The van der Waals surface area contributed by atoms with Crippen molar-refractivity contribution < 1.29 is 9.84 Å². The second kappa shape index (κ2) is 9.44. The van der Waals surface area contributed by atoms with Gasteiger partial charge in [-0.25, -0.2) is 0 Å². The first-order valence-corrected chi connectivity index (χ1v) is 5.59. The minimum atomic E-state index is -0.204. The van der Waals surface area contributed by atoms with Crippen LogP contribution in [0, 0.1) is 5.92 Å². The Kier molecular flexibility index (Phi) is 9.35. The number of rotatable bonds is 9. The van der Waals surface area contributed by atoms with E-state index in [1.54, 1.807) is 6.92 Å². The van der Waals surface area contributed by atoms with E-state index in [0.29, 0.717) is 0 Å². The summed E-state index contributed by atoms with van der Waals surface area (Å²) in [7, 11) is 0. The number of aliphatic hydroxyl groups is 1. The second-order valence-corrected chi connectivity index (χ2v) is 4.18. The van der Waals surface area contributed by atoms with Crippen molar-refractivity contribution in [3.05, 3.63) is 0 Å². The van der Waals surface area contributed by atoms with Gasteiger partial charge in [-0.05, 0) is 32.2 Å². The minimum absolute atomic E-state index is 0.204.